The largest absolute Gasteiger partial charge is 0.492 e. The molecule has 3 nitrogen and oxygen atoms in total. The van der Waals surface area contributed by atoms with Crippen molar-refractivity contribution in [3.8, 4) is 5.75 Å². The van der Waals surface area contributed by atoms with Crippen LogP contribution in [0.15, 0.2) is 18.2 Å². The molecule has 0 saturated carbocycles. The van der Waals surface area contributed by atoms with Crippen molar-refractivity contribution in [3.05, 3.63) is 29.3 Å². The van der Waals surface area contributed by atoms with Gasteiger partial charge in [-0.05, 0) is 36.5 Å². The first-order valence-electron chi connectivity index (χ1n) is 7.14. The lowest BCUT2D eigenvalue weighted by atomic mass is 9.99. The van der Waals surface area contributed by atoms with E-state index >= 15 is 0 Å². The first-order chi connectivity index (χ1) is 9.08. The average molecular weight is 263 g/mol. The Labute approximate surface area is 116 Å². The zero-order valence-corrected chi connectivity index (χ0v) is 12.2. The van der Waals surface area contributed by atoms with Crippen LogP contribution < -0.4 is 10.5 Å². The summed E-state index contributed by atoms with van der Waals surface area (Å²) in [5.74, 6) is 1.87. The Morgan fingerprint density at radius 1 is 1.42 bits per heavy atom. The maximum atomic E-state index is 6.19. The highest BCUT2D eigenvalue weighted by molar-refractivity contribution is 5.39. The molecule has 0 aromatic heterocycles. The van der Waals surface area contributed by atoms with Crippen LogP contribution in [0.25, 0.3) is 0 Å². The first-order valence-corrected chi connectivity index (χ1v) is 7.14. The molecule has 1 heterocycles. The fraction of sp³-hybridized carbons (Fsp3) is 0.625. The molecular formula is C16H25NO2. The molecule has 0 aliphatic carbocycles. The van der Waals surface area contributed by atoms with Gasteiger partial charge >= 0.3 is 0 Å². The summed E-state index contributed by atoms with van der Waals surface area (Å²) in [6.07, 6.45) is 1.05. The topological polar surface area (TPSA) is 44.5 Å². The van der Waals surface area contributed by atoms with E-state index in [9.17, 15) is 0 Å². The summed E-state index contributed by atoms with van der Waals surface area (Å²) in [5, 5.41) is 0. The van der Waals surface area contributed by atoms with Gasteiger partial charge in [-0.15, -0.1) is 0 Å². The number of benzene rings is 1. The van der Waals surface area contributed by atoms with Crippen molar-refractivity contribution in [2.45, 2.75) is 39.2 Å². The van der Waals surface area contributed by atoms with Crippen LogP contribution in [-0.2, 0) is 4.74 Å². The predicted molar refractivity (Wildman–Crippen MR) is 77.7 cm³/mol. The van der Waals surface area contributed by atoms with Crippen molar-refractivity contribution in [2.75, 3.05) is 19.8 Å². The van der Waals surface area contributed by atoms with Gasteiger partial charge in [-0.1, -0.05) is 26.0 Å². The summed E-state index contributed by atoms with van der Waals surface area (Å²) >= 11 is 0. The zero-order valence-electron chi connectivity index (χ0n) is 12.2. The highest BCUT2D eigenvalue weighted by atomic mass is 16.5. The second-order valence-corrected chi connectivity index (χ2v) is 5.79. The Hall–Kier alpha value is -1.06. The number of hydrogen-bond donors (Lipinski definition) is 1. The smallest absolute Gasteiger partial charge is 0.123 e. The summed E-state index contributed by atoms with van der Waals surface area (Å²) < 4.78 is 11.3. The predicted octanol–water partition coefficient (Wildman–Crippen LogP) is 2.86. The molecule has 106 valence electrons. The van der Waals surface area contributed by atoms with Crippen molar-refractivity contribution < 1.29 is 9.47 Å². The van der Waals surface area contributed by atoms with E-state index in [0.717, 1.165) is 25.4 Å². The molecule has 1 fully saturated rings. The molecule has 1 aromatic carbocycles. The highest BCUT2D eigenvalue weighted by Gasteiger charge is 2.23. The van der Waals surface area contributed by atoms with Crippen molar-refractivity contribution >= 4 is 0 Å². The number of ether oxygens (including phenoxy) is 2. The van der Waals surface area contributed by atoms with Gasteiger partial charge in [-0.3, -0.25) is 0 Å². The van der Waals surface area contributed by atoms with Gasteiger partial charge in [0, 0.05) is 18.6 Å². The van der Waals surface area contributed by atoms with Gasteiger partial charge in [0.2, 0.25) is 0 Å². The minimum atomic E-state index is 0.0584. The van der Waals surface area contributed by atoms with Crippen molar-refractivity contribution in [1.82, 2.24) is 0 Å². The summed E-state index contributed by atoms with van der Waals surface area (Å²) in [4.78, 5) is 0. The molecule has 19 heavy (non-hydrogen) atoms. The zero-order chi connectivity index (χ0) is 13.8. The van der Waals surface area contributed by atoms with Crippen LogP contribution in [0.5, 0.6) is 5.75 Å². The average Bonchev–Trinajstić information content (AvgIpc) is 2.89. The summed E-state index contributed by atoms with van der Waals surface area (Å²) in [6.45, 7) is 8.62. The SMILES string of the molecule is Cc1ccc(C(C)C)c(OCC(N)C2CCOC2)c1. The molecular weight excluding hydrogens is 238 g/mol. The molecule has 1 aliphatic heterocycles. The minimum Gasteiger partial charge on any atom is -0.492 e. The van der Waals surface area contributed by atoms with Gasteiger partial charge in [-0.25, -0.2) is 0 Å². The molecule has 1 aromatic rings. The van der Waals surface area contributed by atoms with Crippen LogP contribution in [0, 0.1) is 12.8 Å². The third-order valence-corrected chi connectivity index (χ3v) is 3.79. The van der Waals surface area contributed by atoms with E-state index in [-0.39, 0.29) is 6.04 Å². The summed E-state index contributed by atoms with van der Waals surface area (Å²) in [5.41, 5.74) is 8.66. The Morgan fingerprint density at radius 2 is 2.21 bits per heavy atom. The maximum Gasteiger partial charge on any atom is 0.123 e. The number of rotatable bonds is 5. The monoisotopic (exact) mass is 263 g/mol. The summed E-state index contributed by atoms with van der Waals surface area (Å²) in [6, 6.07) is 6.45. The third kappa shape index (κ3) is 3.71. The molecule has 1 aliphatic rings. The van der Waals surface area contributed by atoms with E-state index in [1.54, 1.807) is 0 Å². The van der Waals surface area contributed by atoms with Crippen LogP contribution in [0.2, 0.25) is 0 Å². The Kier molecular flexibility index (Phi) is 4.83. The number of nitrogens with two attached hydrogens (primary N) is 1. The van der Waals surface area contributed by atoms with Crippen LogP contribution in [0.4, 0.5) is 0 Å². The van der Waals surface area contributed by atoms with Gasteiger partial charge in [-0.2, -0.15) is 0 Å². The van der Waals surface area contributed by atoms with Crippen LogP contribution in [0.3, 0.4) is 0 Å². The van der Waals surface area contributed by atoms with Gasteiger partial charge in [0.1, 0.15) is 12.4 Å². The van der Waals surface area contributed by atoms with Crippen LogP contribution in [-0.4, -0.2) is 25.9 Å². The maximum absolute atomic E-state index is 6.19. The highest BCUT2D eigenvalue weighted by Crippen LogP contribution is 2.28. The summed E-state index contributed by atoms with van der Waals surface area (Å²) in [7, 11) is 0. The molecule has 0 amide bonds. The first kappa shape index (κ1) is 14.4. The number of aryl methyl sites for hydroxylation is 1. The molecule has 2 atom stereocenters. The fourth-order valence-corrected chi connectivity index (χ4v) is 2.46. The van der Waals surface area contributed by atoms with Gasteiger partial charge < -0.3 is 15.2 Å². The molecule has 0 radical (unpaired) electrons. The van der Waals surface area contributed by atoms with E-state index in [1.807, 2.05) is 0 Å². The lowest BCUT2D eigenvalue weighted by Gasteiger charge is -2.20. The molecule has 2 unspecified atom stereocenters. The van der Waals surface area contributed by atoms with Crippen molar-refractivity contribution in [3.63, 3.8) is 0 Å². The van der Waals surface area contributed by atoms with E-state index in [0.29, 0.717) is 18.4 Å². The lowest BCUT2D eigenvalue weighted by Crippen LogP contribution is -2.36. The van der Waals surface area contributed by atoms with Crippen molar-refractivity contribution in [1.29, 1.82) is 0 Å². The molecule has 1 saturated heterocycles. The fourth-order valence-electron chi connectivity index (χ4n) is 2.46. The lowest BCUT2D eigenvalue weighted by molar-refractivity contribution is 0.169. The van der Waals surface area contributed by atoms with Gasteiger partial charge in [0.25, 0.3) is 0 Å². The second-order valence-electron chi connectivity index (χ2n) is 5.79. The Morgan fingerprint density at radius 3 is 2.84 bits per heavy atom. The molecule has 2 rings (SSSR count). The Balaban J connectivity index is 1.99. The standard InChI is InChI=1S/C16H25NO2/c1-11(2)14-5-4-12(3)8-16(14)19-10-15(17)13-6-7-18-9-13/h4-5,8,11,13,15H,6-7,9-10,17H2,1-3H3. The van der Waals surface area contributed by atoms with Crippen LogP contribution in [0.1, 0.15) is 37.3 Å². The molecule has 2 N–H and O–H groups in total. The van der Waals surface area contributed by atoms with Crippen molar-refractivity contribution in [2.24, 2.45) is 11.7 Å². The number of hydrogen-bond acceptors (Lipinski definition) is 3. The van der Waals surface area contributed by atoms with E-state index in [1.165, 1.54) is 11.1 Å². The molecule has 0 bridgehead atoms. The van der Waals surface area contributed by atoms with E-state index in [2.05, 4.69) is 39.0 Å². The minimum absolute atomic E-state index is 0.0584. The Bertz CT molecular complexity index is 411. The molecule has 0 spiro atoms. The quantitative estimate of drug-likeness (QED) is 0.888. The van der Waals surface area contributed by atoms with E-state index < -0.39 is 0 Å². The van der Waals surface area contributed by atoms with Crippen LogP contribution >= 0.6 is 0 Å². The van der Waals surface area contributed by atoms with E-state index in [4.69, 9.17) is 15.2 Å². The van der Waals surface area contributed by atoms with Gasteiger partial charge in [0.15, 0.2) is 0 Å². The second kappa shape index (κ2) is 6.40. The third-order valence-electron chi connectivity index (χ3n) is 3.79. The van der Waals surface area contributed by atoms with Gasteiger partial charge in [0.05, 0.1) is 6.61 Å². The molecule has 3 heteroatoms. The normalized spacial score (nSPS) is 20.8.